The summed E-state index contributed by atoms with van der Waals surface area (Å²) in [4.78, 5) is 11.1. The summed E-state index contributed by atoms with van der Waals surface area (Å²) in [5, 5.41) is -0.340. The zero-order valence-electron chi connectivity index (χ0n) is 18.5. The van der Waals surface area contributed by atoms with Gasteiger partial charge in [0, 0.05) is 0 Å². The van der Waals surface area contributed by atoms with E-state index in [1.54, 1.807) is 6.08 Å². The summed E-state index contributed by atoms with van der Waals surface area (Å²) in [5.41, 5.74) is 0.861. The Morgan fingerprint density at radius 2 is 1.33 bits per heavy atom. The van der Waals surface area contributed by atoms with Crippen LogP contribution in [0.3, 0.4) is 0 Å². The minimum Gasteiger partial charge on any atom is -0.541 e. The summed E-state index contributed by atoms with van der Waals surface area (Å²) in [7, 11) is -4.06. The molecule has 0 atom stereocenters. The first-order valence-corrected chi connectivity index (χ1v) is 15.6. The second kappa shape index (κ2) is 8.13. The highest BCUT2D eigenvalue weighted by Gasteiger charge is 2.42. The highest BCUT2D eigenvalue weighted by Crippen LogP contribution is 2.43. The third kappa shape index (κ3) is 6.51. The normalized spacial score (nSPS) is 13.7. The number of hydrogen-bond acceptors (Lipinski definition) is 3. The lowest BCUT2D eigenvalue weighted by molar-refractivity contribution is -0.107. The van der Waals surface area contributed by atoms with Crippen molar-refractivity contribution in [3.63, 3.8) is 0 Å². The Morgan fingerprint density at radius 1 is 0.889 bits per heavy atom. The number of hydrogen-bond donors (Lipinski definition) is 0. The van der Waals surface area contributed by atoms with E-state index in [1.165, 1.54) is 6.08 Å². The Balaban J connectivity index is 3.39. The van der Waals surface area contributed by atoms with Crippen molar-refractivity contribution in [2.75, 3.05) is 0 Å². The molecule has 27 heavy (non-hydrogen) atoms. The van der Waals surface area contributed by atoms with Gasteiger partial charge in [0.1, 0.15) is 11.5 Å². The van der Waals surface area contributed by atoms with E-state index in [4.69, 9.17) is 20.5 Å². The smallest absolute Gasteiger partial charge is 0.250 e. The summed E-state index contributed by atoms with van der Waals surface area (Å²) in [6.07, 6.45) is 3.05. The van der Waals surface area contributed by atoms with Gasteiger partial charge in [-0.1, -0.05) is 53.7 Å². The lowest BCUT2D eigenvalue weighted by Crippen LogP contribution is -2.45. The van der Waals surface area contributed by atoms with E-state index in [-0.39, 0.29) is 10.1 Å². The lowest BCUT2D eigenvalue weighted by Gasteiger charge is -2.39. The van der Waals surface area contributed by atoms with Gasteiger partial charge in [0.25, 0.3) is 16.6 Å². The third-order valence-corrected chi connectivity index (χ3v) is 14.5. The average molecular weight is 427 g/mol. The Kier molecular flexibility index (Phi) is 7.23. The first-order valence-electron chi connectivity index (χ1n) is 9.36. The molecule has 0 spiro atoms. The molecule has 1 aromatic rings. The van der Waals surface area contributed by atoms with Crippen molar-refractivity contribution in [3.05, 3.63) is 29.8 Å². The van der Waals surface area contributed by atoms with Crippen LogP contribution >= 0.6 is 11.6 Å². The molecule has 0 heterocycles. The molecule has 152 valence electrons. The Bertz CT molecular complexity index is 711. The summed E-state index contributed by atoms with van der Waals surface area (Å²) in [6.45, 7) is 22.2. The molecule has 1 aromatic carbocycles. The highest BCUT2D eigenvalue weighted by molar-refractivity contribution is 6.75. The molecule has 0 aliphatic rings. The molecule has 0 saturated carbocycles. The van der Waals surface area contributed by atoms with Crippen LogP contribution in [0.2, 0.25) is 36.3 Å². The van der Waals surface area contributed by atoms with E-state index in [0.29, 0.717) is 0 Å². The Hall–Kier alpha value is -1.05. The van der Waals surface area contributed by atoms with Crippen LogP contribution in [-0.2, 0) is 4.79 Å². The predicted molar refractivity (Wildman–Crippen MR) is 122 cm³/mol. The molecule has 1 rings (SSSR count). The molecular weight excluding hydrogens is 392 g/mol. The molecule has 0 aliphatic heterocycles. The Labute approximate surface area is 172 Å². The second-order valence-electron chi connectivity index (χ2n) is 10.1. The quantitative estimate of drug-likeness (QED) is 0.273. The Morgan fingerprint density at radius 3 is 1.74 bits per heavy atom. The fourth-order valence-electron chi connectivity index (χ4n) is 1.81. The van der Waals surface area contributed by atoms with Crippen molar-refractivity contribution in [2.24, 2.45) is 0 Å². The molecule has 0 aromatic heterocycles. The number of benzene rings is 1. The monoisotopic (exact) mass is 426 g/mol. The predicted octanol–water partition coefficient (Wildman–Crippen LogP) is 7.23. The molecule has 0 aliphatic carbocycles. The van der Waals surface area contributed by atoms with Crippen LogP contribution in [-0.4, -0.2) is 21.9 Å². The van der Waals surface area contributed by atoms with Crippen molar-refractivity contribution >= 4 is 39.6 Å². The number of halogens is 1. The zero-order valence-corrected chi connectivity index (χ0v) is 21.2. The highest BCUT2D eigenvalue weighted by atomic mass is 35.5. The molecule has 0 amide bonds. The van der Waals surface area contributed by atoms with Gasteiger partial charge >= 0.3 is 0 Å². The molecule has 0 radical (unpaired) electrons. The van der Waals surface area contributed by atoms with Crippen LogP contribution in [0.1, 0.15) is 47.1 Å². The topological polar surface area (TPSA) is 35.5 Å². The van der Waals surface area contributed by atoms with Crippen LogP contribution in [0.4, 0.5) is 0 Å². The van der Waals surface area contributed by atoms with Crippen LogP contribution in [0.25, 0.3) is 6.08 Å². The van der Waals surface area contributed by atoms with Crippen molar-refractivity contribution < 1.29 is 13.6 Å². The SMILES string of the molecule is CC(C)(C)[Si](C)(C)Oc1ccc(/C=C/C(=O)Cl)cc1O[Si](C)(C)C(C)(C)C. The standard InChI is InChI=1S/C21H35ClO3Si2/c1-20(2,3)26(7,8)24-17-13-11-16(12-14-19(22)23)15-18(17)25-27(9,10)21(4,5)6/h11-15H,1-10H3/b14-12+. The van der Waals surface area contributed by atoms with E-state index in [9.17, 15) is 4.79 Å². The van der Waals surface area contributed by atoms with Gasteiger partial charge in [0.05, 0.1) is 0 Å². The maximum atomic E-state index is 11.1. The van der Waals surface area contributed by atoms with Gasteiger partial charge in [-0.3, -0.25) is 4.79 Å². The van der Waals surface area contributed by atoms with E-state index >= 15 is 0 Å². The van der Waals surface area contributed by atoms with Gasteiger partial charge in [0.15, 0.2) is 0 Å². The molecule has 6 heteroatoms. The number of carbonyl (C=O) groups excluding carboxylic acids is 1. The van der Waals surface area contributed by atoms with E-state index < -0.39 is 21.9 Å². The van der Waals surface area contributed by atoms with Gasteiger partial charge in [-0.15, -0.1) is 0 Å². The minimum absolute atomic E-state index is 0.0686. The fourth-order valence-corrected chi connectivity index (χ4v) is 3.91. The minimum atomic E-state index is -2.05. The summed E-state index contributed by atoms with van der Waals surface area (Å²) < 4.78 is 13.1. The van der Waals surface area contributed by atoms with Gasteiger partial charge in [-0.05, 0) is 71.6 Å². The van der Waals surface area contributed by atoms with Crippen molar-refractivity contribution in [2.45, 2.75) is 77.8 Å². The zero-order chi connectivity index (χ0) is 21.3. The largest absolute Gasteiger partial charge is 0.541 e. The summed E-state index contributed by atoms with van der Waals surface area (Å²) >= 11 is 5.43. The van der Waals surface area contributed by atoms with E-state index in [1.807, 2.05) is 18.2 Å². The molecule has 0 saturated heterocycles. The van der Waals surface area contributed by atoms with E-state index in [2.05, 4.69) is 67.7 Å². The van der Waals surface area contributed by atoms with Gasteiger partial charge in [-0.25, -0.2) is 0 Å². The molecule has 3 nitrogen and oxygen atoms in total. The van der Waals surface area contributed by atoms with Crippen molar-refractivity contribution in [3.8, 4) is 11.5 Å². The lowest BCUT2D eigenvalue weighted by atomic mass is 10.2. The summed E-state index contributed by atoms with van der Waals surface area (Å²) in [5.74, 6) is 1.52. The fraction of sp³-hybridized carbons (Fsp3) is 0.571. The molecular formula is C21H35ClO3Si2. The number of rotatable bonds is 6. The average Bonchev–Trinajstić information content (AvgIpc) is 2.44. The van der Waals surface area contributed by atoms with Crippen LogP contribution in [0.15, 0.2) is 24.3 Å². The summed E-state index contributed by atoms with van der Waals surface area (Å²) in [6, 6.07) is 5.82. The van der Waals surface area contributed by atoms with Crippen LogP contribution in [0, 0.1) is 0 Å². The maximum Gasteiger partial charge on any atom is 0.250 e. The second-order valence-corrected chi connectivity index (χ2v) is 19.9. The van der Waals surface area contributed by atoms with E-state index in [0.717, 1.165) is 17.1 Å². The van der Waals surface area contributed by atoms with Gasteiger partial charge in [-0.2, -0.15) is 0 Å². The molecule has 0 bridgehead atoms. The first-order chi connectivity index (χ1) is 12.0. The van der Waals surface area contributed by atoms with Gasteiger partial charge < -0.3 is 8.85 Å². The number of allylic oxidation sites excluding steroid dienone is 1. The number of carbonyl (C=O) groups is 1. The third-order valence-electron chi connectivity index (χ3n) is 5.72. The molecule has 0 unspecified atom stereocenters. The molecule has 0 N–H and O–H groups in total. The van der Waals surface area contributed by atoms with Crippen LogP contribution in [0.5, 0.6) is 11.5 Å². The van der Waals surface area contributed by atoms with Crippen LogP contribution < -0.4 is 8.85 Å². The van der Waals surface area contributed by atoms with Gasteiger partial charge in [0.2, 0.25) is 5.24 Å². The molecule has 0 fully saturated rings. The van der Waals surface area contributed by atoms with Crippen molar-refractivity contribution in [1.82, 2.24) is 0 Å². The first kappa shape index (κ1) is 24.0. The maximum absolute atomic E-state index is 11.1. The van der Waals surface area contributed by atoms with Crippen molar-refractivity contribution in [1.29, 1.82) is 0 Å².